The van der Waals surface area contributed by atoms with Gasteiger partial charge in [-0.1, -0.05) is 6.07 Å². The molecule has 1 aliphatic carbocycles. The topological polar surface area (TPSA) is 69.3 Å². The highest BCUT2D eigenvalue weighted by molar-refractivity contribution is 5.77. The normalized spacial score (nSPS) is 12.1. The summed E-state index contributed by atoms with van der Waals surface area (Å²) in [5, 5.41) is 19.3. The van der Waals surface area contributed by atoms with Crippen LogP contribution in [-0.2, 0) is 25.7 Å². The van der Waals surface area contributed by atoms with Gasteiger partial charge in [0.2, 0.25) is 0 Å². The molecule has 0 fully saturated rings. The molecule has 0 heterocycles. The molecule has 0 atom stereocenters. The third-order valence-electron chi connectivity index (χ3n) is 7.07. The van der Waals surface area contributed by atoms with Crippen LogP contribution in [0, 0.1) is 22.7 Å². The van der Waals surface area contributed by atoms with E-state index >= 15 is 0 Å². The van der Waals surface area contributed by atoms with Crippen LogP contribution in [0.25, 0.3) is 0 Å². The average molecular weight is 486 g/mol. The summed E-state index contributed by atoms with van der Waals surface area (Å²) in [5.41, 5.74) is 9.04. The summed E-state index contributed by atoms with van der Waals surface area (Å²) in [6.45, 7) is 0. The maximum atomic E-state index is 9.70. The van der Waals surface area contributed by atoms with Gasteiger partial charge >= 0.3 is 0 Å². The molecule has 4 aromatic carbocycles. The highest BCUT2D eigenvalue weighted by Gasteiger charge is 2.20. The Kier molecular flexibility index (Phi) is 6.79. The first-order valence-corrected chi connectivity index (χ1v) is 12.3. The fourth-order valence-corrected chi connectivity index (χ4v) is 5.13. The Morgan fingerprint density at radius 2 is 1.03 bits per heavy atom. The fourth-order valence-electron chi connectivity index (χ4n) is 5.13. The number of hydrogen-bond acceptors (Lipinski definition) is 5. The predicted octanol–water partition coefficient (Wildman–Crippen LogP) is 6.80. The number of anilines is 3. The Morgan fingerprint density at radius 3 is 1.49 bits per heavy atom. The fraction of sp³-hybridized carbons (Fsp3) is 0.188. The minimum atomic E-state index is 0.673. The summed E-state index contributed by atoms with van der Waals surface area (Å²) in [7, 11) is 3.33. The minimum Gasteiger partial charge on any atom is -0.497 e. The van der Waals surface area contributed by atoms with Gasteiger partial charge in [-0.15, -0.1) is 0 Å². The zero-order valence-electron chi connectivity index (χ0n) is 21.0. The van der Waals surface area contributed by atoms with E-state index in [4.69, 9.17) is 9.47 Å². The number of aryl methyl sites for hydroxylation is 2. The molecule has 0 radical (unpaired) electrons. The van der Waals surface area contributed by atoms with E-state index in [-0.39, 0.29) is 0 Å². The van der Waals surface area contributed by atoms with Gasteiger partial charge in [0.1, 0.15) is 11.5 Å². The van der Waals surface area contributed by atoms with E-state index in [1.807, 2.05) is 24.3 Å². The van der Waals surface area contributed by atoms with E-state index in [2.05, 4.69) is 59.5 Å². The van der Waals surface area contributed by atoms with Gasteiger partial charge in [0.15, 0.2) is 0 Å². The van der Waals surface area contributed by atoms with Gasteiger partial charge in [0.05, 0.1) is 37.5 Å². The van der Waals surface area contributed by atoms with Crippen LogP contribution in [0.2, 0.25) is 0 Å². The van der Waals surface area contributed by atoms with Gasteiger partial charge in [-0.25, -0.2) is 0 Å². The molecule has 0 spiro atoms. The first kappa shape index (κ1) is 24.0. The number of rotatable bonds is 5. The van der Waals surface area contributed by atoms with Crippen molar-refractivity contribution in [2.75, 3.05) is 19.1 Å². The monoisotopic (exact) mass is 485 g/mol. The molecule has 5 rings (SSSR count). The van der Waals surface area contributed by atoms with Crippen LogP contribution in [0.1, 0.15) is 33.4 Å². The van der Waals surface area contributed by atoms with E-state index < -0.39 is 0 Å². The first-order chi connectivity index (χ1) is 18.1. The van der Waals surface area contributed by atoms with Crippen molar-refractivity contribution in [1.82, 2.24) is 0 Å². The number of nitrogens with zero attached hydrogens (tertiary/aromatic N) is 3. The molecule has 5 heteroatoms. The molecule has 37 heavy (non-hydrogen) atoms. The Morgan fingerprint density at radius 1 is 0.568 bits per heavy atom. The predicted molar refractivity (Wildman–Crippen MR) is 145 cm³/mol. The molecule has 0 aromatic heterocycles. The molecule has 0 saturated carbocycles. The standard InChI is InChI=1S/C32H27N3O2/c1-36-29-13-9-26(10-14-29)35(27-11-15-30(37-2)16-12-27)28-8-5-22-6-17-31-24(20-33)3-4-25(21-34)32(31)18-7-23(22)19-28/h3-5,8-16,19H,6-7,17-18H2,1-2H3. The molecule has 182 valence electrons. The SMILES string of the molecule is COc1ccc(N(c2ccc(OC)cc2)c2ccc3c(c2)CCc2c(C#N)ccc(C#N)c2CC3)cc1. The van der Waals surface area contributed by atoms with Gasteiger partial charge in [-0.05, 0) is 121 Å². The summed E-state index contributed by atoms with van der Waals surface area (Å²) in [6.07, 6.45) is 3.12. The summed E-state index contributed by atoms with van der Waals surface area (Å²) < 4.78 is 10.8. The zero-order chi connectivity index (χ0) is 25.8. The lowest BCUT2D eigenvalue weighted by Crippen LogP contribution is -2.13. The van der Waals surface area contributed by atoms with Crippen LogP contribution < -0.4 is 14.4 Å². The molecule has 0 N–H and O–H groups in total. The lowest BCUT2D eigenvalue weighted by Gasteiger charge is -2.27. The Labute approximate surface area is 217 Å². The van der Waals surface area contributed by atoms with Crippen molar-refractivity contribution in [1.29, 1.82) is 10.5 Å². The Hall–Kier alpha value is -4.74. The zero-order valence-corrected chi connectivity index (χ0v) is 21.0. The molecule has 0 unspecified atom stereocenters. The van der Waals surface area contributed by atoms with Crippen molar-refractivity contribution in [3.05, 3.63) is 112 Å². The molecule has 0 saturated heterocycles. The number of benzene rings is 4. The lowest BCUT2D eigenvalue weighted by atomic mass is 9.84. The van der Waals surface area contributed by atoms with Gasteiger partial charge in [-0.2, -0.15) is 10.5 Å². The molecule has 5 nitrogen and oxygen atoms in total. The smallest absolute Gasteiger partial charge is 0.119 e. The number of methoxy groups -OCH3 is 2. The van der Waals surface area contributed by atoms with Crippen molar-refractivity contribution in [3.63, 3.8) is 0 Å². The van der Waals surface area contributed by atoms with Gasteiger partial charge in [0.25, 0.3) is 0 Å². The lowest BCUT2D eigenvalue weighted by molar-refractivity contribution is 0.415. The summed E-state index contributed by atoms with van der Waals surface area (Å²) in [6, 6.07) is 30.9. The van der Waals surface area contributed by atoms with Crippen molar-refractivity contribution >= 4 is 17.1 Å². The Balaban J connectivity index is 1.56. The van der Waals surface area contributed by atoms with Crippen LogP contribution in [0.15, 0.2) is 78.9 Å². The van der Waals surface area contributed by atoms with Crippen molar-refractivity contribution < 1.29 is 9.47 Å². The van der Waals surface area contributed by atoms with Crippen LogP contribution >= 0.6 is 0 Å². The maximum Gasteiger partial charge on any atom is 0.119 e. The number of ether oxygens (including phenoxy) is 2. The van der Waals surface area contributed by atoms with Crippen molar-refractivity contribution in [2.45, 2.75) is 25.7 Å². The second-order valence-electron chi connectivity index (χ2n) is 9.03. The quantitative estimate of drug-likeness (QED) is 0.311. The van der Waals surface area contributed by atoms with E-state index in [1.54, 1.807) is 26.4 Å². The first-order valence-electron chi connectivity index (χ1n) is 12.3. The van der Waals surface area contributed by atoms with Crippen molar-refractivity contribution in [3.8, 4) is 23.6 Å². The van der Waals surface area contributed by atoms with E-state index in [0.29, 0.717) is 11.1 Å². The van der Waals surface area contributed by atoms with E-state index in [0.717, 1.165) is 65.4 Å². The van der Waals surface area contributed by atoms with E-state index in [9.17, 15) is 10.5 Å². The number of hydrogen-bond donors (Lipinski definition) is 0. The summed E-state index contributed by atoms with van der Waals surface area (Å²) >= 11 is 0. The molecule has 0 amide bonds. The van der Waals surface area contributed by atoms with Crippen LogP contribution in [0.5, 0.6) is 11.5 Å². The molecule has 4 aromatic rings. The maximum absolute atomic E-state index is 9.70. The summed E-state index contributed by atoms with van der Waals surface area (Å²) in [5.74, 6) is 1.61. The molecule has 1 aliphatic rings. The highest BCUT2D eigenvalue weighted by atomic mass is 16.5. The van der Waals surface area contributed by atoms with Crippen molar-refractivity contribution in [2.24, 2.45) is 0 Å². The van der Waals surface area contributed by atoms with Crippen LogP contribution in [0.3, 0.4) is 0 Å². The highest BCUT2D eigenvalue weighted by Crippen LogP contribution is 2.38. The van der Waals surface area contributed by atoms with Gasteiger partial charge < -0.3 is 14.4 Å². The largest absolute Gasteiger partial charge is 0.497 e. The number of fused-ring (bicyclic) bond motifs is 2. The Bertz CT molecular complexity index is 1460. The second kappa shape index (κ2) is 10.5. The molecule has 0 aliphatic heterocycles. The third kappa shape index (κ3) is 4.73. The minimum absolute atomic E-state index is 0.673. The van der Waals surface area contributed by atoms with E-state index in [1.165, 1.54) is 11.1 Å². The molecule has 0 bridgehead atoms. The molecular weight excluding hydrogens is 458 g/mol. The molecular formula is C32H27N3O2. The third-order valence-corrected chi connectivity index (χ3v) is 7.07. The number of nitriles is 2. The van der Waals surface area contributed by atoms with Crippen LogP contribution in [0.4, 0.5) is 17.1 Å². The summed E-state index contributed by atoms with van der Waals surface area (Å²) in [4.78, 5) is 2.22. The second-order valence-corrected chi connectivity index (χ2v) is 9.03. The van der Waals surface area contributed by atoms with Gasteiger partial charge in [-0.3, -0.25) is 0 Å². The average Bonchev–Trinajstić information content (AvgIpc) is 2.94. The van der Waals surface area contributed by atoms with Gasteiger partial charge in [0, 0.05) is 17.1 Å². The van der Waals surface area contributed by atoms with Crippen LogP contribution in [-0.4, -0.2) is 14.2 Å².